The summed E-state index contributed by atoms with van der Waals surface area (Å²) in [6.07, 6.45) is 19.1. The van der Waals surface area contributed by atoms with Gasteiger partial charge in [0.2, 0.25) is 0 Å². The Hall–Kier alpha value is -0.0800. The highest BCUT2D eigenvalue weighted by molar-refractivity contribution is 4.65. The number of hydrogen-bond donors (Lipinski definition) is 1. The Morgan fingerprint density at radius 1 is 0.667 bits per heavy atom. The summed E-state index contributed by atoms with van der Waals surface area (Å²) in [5, 5.41) is 9.05. The van der Waals surface area contributed by atoms with Gasteiger partial charge in [0.1, 0.15) is 0 Å². The van der Waals surface area contributed by atoms with Crippen molar-refractivity contribution in [3.8, 4) is 0 Å². The first-order chi connectivity index (χ1) is 10.2. The van der Waals surface area contributed by atoms with Crippen LogP contribution in [-0.4, -0.2) is 36.8 Å². The first-order valence-electron chi connectivity index (χ1n) is 9.49. The van der Waals surface area contributed by atoms with Crippen molar-refractivity contribution in [1.29, 1.82) is 0 Å². The van der Waals surface area contributed by atoms with Gasteiger partial charge in [-0.15, -0.1) is 0 Å². The highest BCUT2D eigenvalue weighted by Gasteiger charge is 2.09. The van der Waals surface area contributed by atoms with Gasteiger partial charge in [-0.05, 0) is 26.9 Å². The molecule has 0 aliphatic carbocycles. The molecule has 0 aliphatic rings. The van der Waals surface area contributed by atoms with Crippen molar-refractivity contribution < 1.29 is 5.11 Å². The van der Waals surface area contributed by atoms with E-state index in [4.69, 9.17) is 5.11 Å². The topological polar surface area (TPSA) is 23.5 Å². The number of rotatable bonds is 16. The molecule has 2 nitrogen and oxygen atoms in total. The predicted octanol–water partition coefficient (Wildman–Crippen LogP) is 5.39. The van der Waals surface area contributed by atoms with Crippen LogP contribution in [0.1, 0.15) is 96.8 Å². The molecule has 0 heterocycles. The minimum absolute atomic E-state index is 0.321. The predicted molar refractivity (Wildman–Crippen MR) is 94.9 cm³/mol. The van der Waals surface area contributed by atoms with Crippen molar-refractivity contribution in [2.45, 2.75) is 103 Å². The lowest BCUT2D eigenvalue weighted by Gasteiger charge is -2.23. The van der Waals surface area contributed by atoms with E-state index in [0.29, 0.717) is 12.6 Å². The Kier molecular flexibility index (Phi) is 16.2. The third kappa shape index (κ3) is 14.6. The Balaban J connectivity index is 3.21. The summed E-state index contributed by atoms with van der Waals surface area (Å²) in [4.78, 5) is 2.26. The summed E-state index contributed by atoms with van der Waals surface area (Å²) in [7, 11) is 4.25. The normalized spacial score (nSPS) is 13.0. The fourth-order valence-electron chi connectivity index (χ4n) is 3.03. The summed E-state index contributed by atoms with van der Waals surface area (Å²) in [6, 6.07) is 0.568. The largest absolute Gasteiger partial charge is 0.396 e. The fraction of sp³-hybridized carbons (Fsp3) is 1.00. The molecule has 0 saturated heterocycles. The summed E-state index contributed by atoms with van der Waals surface area (Å²) in [5.74, 6) is 0. The maximum atomic E-state index is 9.05. The van der Waals surface area contributed by atoms with Gasteiger partial charge in [-0.1, -0.05) is 84.0 Å². The second-order valence-electron chi connectivity index (χ2n) is 6.81. The van der Waals surface area contributed by atoms with Crippen LogP contribution in [0.25, 0.3) is 0 Å². The summed E-state index contributed by atoms with van der Waals surface area (Å²) in [6.45, 7) is 2.60. The smallest absolute Gasteiger partial charge is 0.0445 e. The van der Waals surface area contributed by atoms with Gasteiger partial charge in [-0.2, -0.15) is 0 Å². The fourth-order valence-corrected chi connectivity index (χ4v) is 3.03. The maximum absolute atomic E-state index is 9.05. The average molecular weight is 300 g/mol. The lowest BCUT2D eigenvalue weighted by Crippen LogP contribution is -2.28. The van der Waals surface area contributed by atoms with E-state index < -0.39 is 0 Å². The lowest BCUT2D eigenvalue weighted by molar-refractivity contribution is 0.198. The van der Waals surface area contributed by atoms with Crippen molar-refractivity contribution >= 4 is 0 Å². The van der Waals surface area contributed by atoms with Crippen LogP contribution in [0.4, 0.5) is 0 Å². The van der Waals surface area contributed by atoms with Crippen molar-refractivity contribution in [3.63, 3.8) is 0 Å². The minimum atomic E-state index is 0.321. The van der Waals surface area contributed by atoms with Crippen LogP contribution in [0, 0.1) is 0 Å². The van der Waals surface area contributed by atoms with Gasteiger partial charge in [-0.25, -0.2) is 0 Å². The second kappa shape index (κ2) is 16.3. The van der Waals surface area contributed by atoms with E-state index in [0.717, 1.165) is 6.42 Å². The molecule has 0 spiro atoms. The Morgan fingerprint density at radius 3 is 1.48 bits per heavy atom. The van der Waals surface area contributed by atoms with Crippen molar-refractivity contribution in [2.75, 3.05) is 20.7 Å². The zero-order valence-electron chi connectivity index (χ0n) is 15.1. The molecule has 0 aliphatic heterocycles. The average Bonchev–Trinajstić information content (AvgIpc) is 2.47. The van der Waals surface area contributed by atoms with Crippen LogP contribution < -0.4 is 0 Å². The molecule has 0 aromatic heterocycles. The number of aliphatic hydroxyl groups is 1. The van der Waals surface area contributed by atoms with Crippen molar-refractivity contribution in [1.82, 2.24) is 4.90 Å². The summed E-state index contributed by atoms with van der Waals surface area (Å²) < 4.78 is 0. The van der Waals surface area contributed by atoms with Crippen LogP contribution in [0.3, 0.4) is 0 Å². The summed E-state index contributed by atoms with van der Waals surface area (Å²) in [5.41, 5.74) is 0. The molecule has 0 saturated carbocycles. The minimum Gasteiger partial charge on any atom is -0.396 e. The van der Waals surface area contributed by atoms with E-state index in [1.807, 2.05) is 0 Å². The Morgan fingerprint density at radius 2 is 1.10 bits per heavy atom. The molecular formula is C19H41NO. The van der Waals surface area contributed by atoms with Gasteiger partial charge in [0.05, 0.1) is 0 Å². The molecule has 0 bridgehead atoms. The van der Waals surface area contributed by atoms with Crippen molar-refractivity contribution in [2.24, 2.45) is 0 Å². The molecule has 0 amide bonds. The zero-order chi connectivity index (χ0) is 15.8. The molecule has 1 N–H and O–H groups in total. The highest BCUT2D eigenvalue weighted by Crippen LogP contribution is 2.14. The van der Waals surface area contributed by atoms with Crippen LogP contribution >= 0.6 is 0 Å². The van der Waals surface area contributed by atoms with Gasteiger partial charge in [0.15, 0.2) is 0 Å². The van der Waals surface area contributed by atoms with E-state index in [2.05, 4.69) is 25.9 Å². The highest BCUT2D eigenvalue weighted by atomic mass is 16.3. The number of hydrogen-bond acceptors (Lipinski definition) is 2. The van der Waals surface area contributed by atoms with Gasteiger partial charge in [0.25, 0.3) is 0 Å². The van der Waals surface area contributed by atoms with E-state index in [1.165, 1.54) is 83.5 Å². The molecular weight excluding hydrogens is 258 g/mol. The van der Waals surface area contributed by atoms with Gasteiger partial charge in [-0.3, -0.25) is 0 Å². The van der Waals surface area contributed by atoms with E-state index in [-0.39, 0.29) is 0 Å². The molecule has 1 atom stereocenters. The van der Waals surface area contributed by atoms with Gasteiger partial charge >= 0.3 is 0 Å². The van der Waals surface area contributed by atoms with Crippen LogP contribution in [0.15, 0.2) is 0 Å². The third-order valence-corrected chi connectivity index (χ3v) is 4.58. The third-order valence-electron chi connectivity index (χ3n) is 4.58. The monoisotopic (exact) mass is 299 g/mol. The maximum Gasteiger partial charge on any atom is 0.0445 e. The summed E-state index contributed by atoms with van der Waals surface area (Å²) >= 11 is 0. The second-order valence-corrected chi connectivity index (χ2v) is 6.81. The number of aliphatic hydroxyl groups excluding tert-OH is 1. The number of unbranched alkanes of at least 4 members (excludes halogenated alkanes) is 11. The number of nitrogens with zero attached hydrogens (tertiary/aromatic N) is 1. The van der Waals surface area contributed by atoms with Gasteiger partial charge in [0, 0.05) is 12.6 Å². The molecule has 21 heavy (non-hydrogen) atoms. The van der Waals surface area contributed by atoms with E-state index >= 15 is 0 Å². The van der Waals surface area contributed by atoms with Crippen molar-refractivity contribution in [3.05, 3.63) is 0 Å². The molecule has 0 rings (SSSR count). The van der Waals surface area contributed by atoms with E-state index in [9.17, 15) is 0 Å². The molecule has 0 aromatic carbocycles. The van der Waals surface area contributed by atoms with Crippen LogP contribution in [0.2, 0.25) is 0 Å². The molecule has 1 unspecified atom stereocenters. The molecule has 0 radical (unpaired) electrons. The Bertz CT molecular complexity index is 194. The molecule has 2 heteroatoms. The quantitative estimate of drug-likeness (QED) is 0.386. The molecule has 0 aromatic rings. The standard InChI is InChI=1S/C19H41NO/c1-4-5-6-7-8-9-10-11-12-13-14-15-16-19(17-18-21)20(2)3/h19,21H,4-18H2,1-3H3. The van der Waals surface area contributed by atoms with Gasteiger partial charge < -0.3 is 10.0 Å². The SMILES string of the molecule is CCCCCCCCCCCCCCC(CCO)N(C)C. The zero-order valence-corrected chi connectivity index (χ0v) is 15.1. The molecule has 128 valence electrons. The molecule has 0 fully saturated rings. The van der Waals surface area contributed by atoms with Crippen LogP contribution in [0.5, 0.6) is 0 Å². The first kappa shape index (κ1) is 20.9. The first-order valence-corrected chi connectivity index (χ1v) is 9.49. The lowest BCUT2D eigenvalue weighted by atomic mass is 10.0. The van der Waals surface area contributed by atoms with E-state index in [1.54, 1.807) is 0 Å². The Labute approximate surface area is 134 Å². The van der Waals surface area contributed by atoms with Crippen LogP contribution in [-0.2, 0) is 0 Å².